The summed E-state index contributed by atoms with van der Waals surface area (Å²) in [6.07, 6.45) is 1.56. The van der Waals surface area contributed by atoms with Crippen molar-refractivity contribution in [2.24, 2.45) is 16.5 Å². The standard InChI is InChI=1S/C13H17N5O/c1-2-11-17-12(19-18-11)10-5-3-9(4-6-10)7-8-16-13(14)15/h3-6H,2,7-8H2,1H3,(H4,14,15,16). The van der Waals surface area contributed by atoms with E-state index in [2.05, 4.69) is 15.1 Å². The highest BCUT2D eigenvalue weighted by Crippen LogP contribution is 2.18. The first-order valence-corrected chi connectivity index (χ1v) is 6.16. The molecule has 4 N–H and O–H groups in total. The number of rotatable bonds is 5. The lowest BCUT2D eigenvalue weighted by Crippen LogP contribution is -2.23. The van der Waals surface area contributed by atoms with Crippen LogP contribution in [0.4, 0.5) is 0 Å². The maximum Gasteiger partial charge on any atom is 0.257 e. The molecule has 0 aliphatic rings. The summed E-state index contributed by atoms with van der Waals surface area (Å²) in [5.74, 6) is 1.38. The van der Waals surface area contributed by atoms with Gasteiger partial charge >= 0.3 is 0 Å². The van der Waals surface area contributed by atoms with Crippen LogP contribution in [-0.2, 0) is 12.8 Å². The third kappa shape index (κ3) is 3.54. The van der Waals surface area contributed by atoms with Gasteiger partial charge in [0.2, 0.25) is 0 Å². The molecule has 2 rings (SSSR count). The predicted octanol–water partition coefficient (Wildman–Crippen LogP) is 1.11. The summed E-state index contributed by atoms with van der Waals surface area (Å²) >= 11 is 0. The Kier molecular flexibility index (Phi) is 4.12. The van der Waals surface area contributed by atoms with Crippen molar-refractivity contribution >= 4 is 5.96 Å². The second-order valence-corrected chi connectivity index (χ2v) is 4.12. The monoisotopic (exact) mass is 259 g/mol. The van der Waals surface area contributed by atoms with Crippen molar-refractivity contribution in [2.75, 3.05) is 6.54 Å². The van der Waals surface area contributed by atoms with Crippen LogP contribution in [0.2, 0.25) is 0 Å². The molecule has 2 aromatic rings. The molecule has 0 aliphatic heterocycles. The minimum atomic E-state index is 0.120. The van der Waals surface area contributed by atoms with Crippen molar-refractivity contribution in [2.45, 2.75) is 19.8 Å². The smallest absolute Gasteiger partial charge is 0.257 e. The first kappa shape index (κ1) is 13.1. The SMILES string of the molecule is CCc1noc(-c2ccc(CCN=C(N)N)cc2)n1. The van der Waals surface area contributed by atoms with Crippen LogP contribution in [0.5, 0.6) is 0 Å². The molecule has 0 atom stereocenters. The Labute approximate surface area is 111 Å². The number of hydrogen-bond acceptors (Lipinski definition) is 4. The molecule has 0 amide bonds. The average Bonchev–Trinajstić information content (AvgIpc) is 2.88. The van der Waals surface area contributed by atoms with E-state index in [1.165, 1.54) is 0 Å². The van der Waals surface area contributed by atoms with Gasteiger partial charge in [-0.15, -0.1) is 0 Å². The molecule has 0 bridgehead atoms. The van der Waals surface area contributed by atoms with E-state index in [1.807, 2.05) is 31.2 Å². The fourth-order valence-electron chi connectivity index (χ4n) is 1.64. The first-order valence-electron chi connectivity index (χ1n) is 6.16. The quantitative estimate of drug-likeness (QED) is 0.618. The van der Waals surface area contributed by atoms with Gasteiger partial charge in [0.1, 0.15) is 0 Å². The Morgan fingerprint density at radius 1 is 1.26 bits per heavy atom. The van der Waals surface area contributed by atoms with E-state index in [9.17, 15) is 0 Å². The van der Waals surface area contributed by atoms with Crippen molar-refractivity contribution in [3.63, 3.8) is 0 Å². The zero-order valence-electron chi connectivity index (χ0n) is 10.8. The average molecular weight is 259 g/mol. The van der Waals surface area contributed by atoms with Gasteiger partial charge in [-0.1, -0.05) is 24.2 Å². The Hall–Kier alpha value is -2.37. The van der Waals surface area contributed by atoms with E-state index in [0.717, 1.165) is 24.0 Å². The fourth-order valence-corrected chi connectivity index (χ4v) is 1.64. The van der Waals surface area contributed by atoms with E-state index in [1.54, 1.807) is 0 Å². The summed E-state index contributed by atoms with van der Waals surface area (Å²) in [6, 6.07) is 7.93. The normalized spacial score (nSPS) is 10.4. The lowest BCUT2D eigenvalue weighted by atomic mass is 10.1. The maximum atomic E-state index is 5.27. The Morgan fingerprint density at radius 2 is 2.00 bits per heavy atom. The number of aliphatic imine (C=N–C) groups is 1. The van der Waals surface area contributed by atoms with Crippen molar-refractivity contribution in [1.29, 1.82) is 0 Å². The Bertz CT molecular complexity index is 555. The van der Waals surface area contributed by atoms with Gasteiger partial charge in [-0.3, -0.25) is 4.99 Å². The van der Waals surface area contributed by atoms with Gasteiger partial charge in [0.25, 0.3) is 5.89 Å². The van der Waals surface area contributed by atoms with Crippen molar-refractivity contribution < 1.29 is 4.52 Å². The molecule has 0 fully saturated rings. The van der Waals surface area contributed by atoms with Crippen molar-refractivity contribution in [3.05, 3.63) is 35.7 Å². The molecule has 6 nitrogen and oxygen atoms in total. The van der Waals surface area contributed by atoms with Crippen LogP contribution in [0, 0.1) is 0 Å². The molecule has 0 spiro atoms. The molecule has 0 saturated carbocycles. The zero-order valence-corrected chi connectivity index (χ0v) is 10.8. The van der Waals surface area contributed by atoms with Crippen LogP contribution in [0.1, 0.15) is 18.3 Å². The highest BCUT2D eigenvalue weighted by molar-refractivity contribution is 5.75. The van der Waals surface area contributed by atoms with Crippen LogP contribution < -0.4 is 11.5 Å². The number of aromatic nitrogens is 2. The summed E-state index contributed by atoms with van der Waals surface area (Å²) in [6.45, 7) is 2.57. The van der Waals surface area contributed by atoms with Crippen LogP contribution >= 0.6 is 0 Å². The van der Waals surface area contributed by atoms with E-state index in [-0.39, 0.29) is 5.96 Å². The fraction of sp³-hybridized carbons (Fsp3) is 0.308. The number of hydrogen-bond donors (Lipinski definition) is 2. The molecule has 0 saturated heterocycles. The third-order valence-corrected chi connectivity index (χ3v) is 2.68. The van der Waals surface area contributed by atoms with E-state index < -0.39 is 0 Å². The van der Waals surface area contributed by atoms with Gasteiger partial charge in [0.15, 0.2) is 11.8 Å². The predicted molar refractivity (Wildman–Crippen MR) is 73.5 cm³/mol. The zero-order chi connectivity index (χ0) is 13.7. The third-order valence-electron chi connectivity index (χ3n) is 2.68. The molecular weight excluding hydrogens is 242 g/mol. The number of aryl methyl sites for hydroxylation is 1. The van der Waals surface area contributed by atoms with Gasteiger partial charge in [-0.05, 0) is 24.1 Å². The molecular formula is C13H17N5O. The van der Waals surface area contributed by atoms with Crippen molar-refractivity contribution in [3.8, 4) is 11.5 Å². The van der Waals surface area contributed by atoms with Crippen LogP contribution in [0.15, 0.2) is 33.8 Å². The number of benzene rings is 1. The molecule has 0 radical (unpaired) electrons. The Morgan fingerprint density at radius 3 is 2.58 bits per heavy atom. The van der Waals surface area contributed by atoms with Crippen LogP contribution in [-0.4, -0.2) is 22.6 Å². The van der Waals surface area contributed by atoms with Gasteiger partial charge in [-0.25, -0.2) is 0 Å². The van der Waals surface area contributed by atoms with E-state index in [4.69, 9.17) is 16.0 Å². The van der Waals surface area contributed by atoms with Gasteiger partial charge in [0.05, 0.1) is 0 Å². The summed E-state index contributed by atoms with van der Waals surface area (Å²) in [7, 11) is 0. The highest BCUT2D eigenvalue weighted by atomic mass is 16.5. The molecule has 6 heteroatoms. The minimum absolute atomic E-state index is 0.120. The maximum absolute atomic E-state index is 5.27. The number of nitrogens with two attached hydrogens (primary N) is 2. The number of nitrogens with zero attached hydrogens (tertiary/aromatic N) is 3. The summed E-state index contributed by atoms with van der Waals surface area (Å²) in [5.41, 5.74) is 12.6. The van der Waals surface area contributed by atoms with E-state index in [0.29, 0.717) is 18.3 Å². The second-order valence-electron chi connectivity index (χ2n) is 4.12. The first-order chi connectivity index (χ1) is 9.19. The minimum Gasteiger partial charge on any atom is -0.370 e. The summed E-state index contributed by atoms with van der Waals surface area (Å²) in [4.78, 5) is 8.23. The Balaban J connectivity index is 2.03. The van der Waals surface area contributed by atoms with Gasteiger partial charge in [0, 0.05) is 18.5 Å². The topological polar surface area (TPSA) is 103 Å². The molecule has 0 unspecified atom stereocenters. The molecule has 19 heavy (non-hydrogen) atoms. The molecule has 1 aromatic carbocycles. The summed E-state index contributed by atoms with van der Waals surface area (Å²) in [5, 5.41) is 3.87. The molecule has 1 heterocycles. The van der Waals surface area contributed by atoms with Crippen LogP contribution in [0.25, 0.3) is 11.5 Å². The van der Waals surface area contributed by atoms with Crippen molar-refractivity contribution in [1.82, 2.24) is 10.1 Å². The van der Waals surface area contributed by atoms with Gasteiger partial charge in [-0.2, -0.15) is 4.98 Å². The number of guanidine groups is 1. The molecule has 0 aliphatic carbocycles. The van der Waals surface area contributed by atoms with E-state index >= 15 is 0 Å². The molecule has 100 valence electrons. The lowest BCUT2D eigenvalue weighted by Gasteiger charge is -2.00. The summed E-state index contributed by atoms with van der Waals surface area (Å²) < 4.78 is 5.18. The van der Waals surface area contributed by atoms with Crippen LogP contribution in [0.3, 0.4) is 0 Å². The largest absolute Gasteiger partial charge is 0.370 e. The molecule has 1 aromatic heterocycles. The van der Waals surface area contributed by atoms with Gasteiger partial charge < -0.3 is 16.0 Å². The second kappa shape index (κ2) is 5.99. The highest BCUT2D eigenvalue weighted by Gasteiger charge is 2.06. The lowest BCUT2D eigenvalue weighted by molar-refractivity contribution is 0.423.